The van der Waals surface area contributed by atoms with E-state index >= 15 is 0 Å². The van der Waals surface area contributed by atoms with E-state index in [2.05, 4.69) is 0 Å². The number of fused-ring (bicyclic) bond motifs is 1. The Bertz CT molecular complexity index is 765. The quantitative estimate of drug-likeness (QED) is 0.630. The predicted octanol–water partition coefficient (Wildman–Crippen LogP) is 2.77. The Hall–Kier alpha value is -3.19. The number of benzene rings is 2. The van der Waals surface area contributed by atoms with Crippen LogP contribution in [0.2, 0.25) is 0 Å². The molecule has 0 bridgehead atoms. The fourth-order valence-corrected chi connectivity index (χ4v) is 2.41. The van der Waals surface area contributed by atoms with Gasteiger partial charge < -0.3 is 9.84 Å². The maximum atomic E-state index is 11.1. The third-order valence-corrected chi connectivity index (χ3v) is 3.79. The van der Waals surface area contributed by atoms with Crippen LogP contribution in [0.25, 0.3) is 0 Å². The molecular formula is C19H19NO6. The Morgan fingerprint density at radius 3 is 2.00 bits per heavy atom. The molecule has 0 saturated heterocycles. The highest BCUT2D eigenvalue weighted by Gasteiger charge is 2.33. The van der Waals surface area contributed by atoms with Crippen molar-refractivity contribution >= 4 is 17.8 Å². The molecule has 7 nitrogen and oxygen atoms in total. The minimum absolute atomic E-state index is 0.130. The molecule has 3 rings (SSSR count). The van der Waals surface area contributed by atoms with Crippen LogP contribution >= 0.6 is 0 Å². The zero-order valence-corrected chi connectivity index (χ0v) is 14.2. The fraction of sp³-hybridized carbons (Fsp3) is 0.211. The number of carboxylic acids is 1. The SMILES string of the molecule is COc1ccc(CCCC(=O)O)cc1.O=C1c2ccccc2C(=O)N1O. The van der Waals surface area contributed by atoms with Gasteiger partial charge in [-0.3, -0.25) is 19.6 Å². The van der Waals surface area contributed by atoms with Crippen LogP contribution in [0, 0.1) is 0 Å². The molecule has 1 heterocycles. The Labute approximate surface area is 150 Å². The lowest BCUT2D eigenvalue weighted by Crippen LogP contribution is -2.25. The van der Waals surface area contributed by atoms with Crippen LogP contribution in [0.4, 0.5) is 0 Å². The van der Waals surface area contributed by atoms with Gasteiger partial charge in [0, 0.05) is 6.42 Å². The van der Waals surface area contributed by atoms with E-state index in [1.165, 1.54) is 12.1 Å². The monoisotopic (exact) mass is 357 g/mol. The van der Waals surface area contributed by atoms with Crippen molar-refractivity contribution in [3.8, 4) is 5.75 Å². The first-order valence-corrected chi connectivity index (χ1v) is 7.95. The average molecular weight is 357 g/mol. The Balaban J connectivity index is 0.000000189. The van der Waals surface area contributed by atoms with Gasteiger partial charge in [0.2, 0.25) is 0 Å². The number of aryl methyl sites for hydroxylation is 1. The summed E-state index contributed by atoms with van der Waals surface area (Å²) in [5, 5.41) is 17.5. The van der Waals surface area contributed by atoms with Crippen LogP contribution in [-0.2, 0) is 11.2 Å². The molecule has 0 fully saturated rings. The lowest BCUT2D eigenvalue weighted by molar-refractivity contribution is -0.137. The van der Waals surface area contributed by atoms with E-state index in [-0.39, 0.29) is 22.6 Å². The first-order valence-electron chi connectivity index (χ1n) is 7.95. The summed E-state index contributed by atoms with van der Waals surface area (Å²) >= 11 is 0. The van der Waals surface area contributed by atoms with Crippen molar-refractivity contribution in [1.82, 2.24) is 5.06 Å². The number of hydroxylamine groups is 2. The van der Waals surface area contributed by atoms with Crippen LogP contribution in [-0.4, -0.2) is 40.3 Å². The van der Waals surface area contributed by atoms with Crippen molar-refractivity contribution in [3.63, 3.8) is 0 Å². The van der Waals surface area contributed by atoms with Crippen molar-refractivity contribution in [2.24, 2.45) is 0 Å². The summed E-state index contributed by atoms with van der Waals surface area (Å²) in [5.41, 5.74) is 1.65. The molecule has 0 saturated carbocycles. The van der Waals surface area contributed by atoms with Gasteiger partial charge in [0.1, 0.15) is 5.75 Å². The van der Waals surface area contributed by atoms with Crippen molar-refractivity contribution < 1.29 is 29.4 Å². The van der Waals surface area contributed by atoms with Crippen LogP contribution in [0.3, 0.4) is 0 Å². The van der Waals surface area contributed by atoms with Gasteiger partial charge in [-0.25, -0.2) is 0 Å². The zero-order chi connectivity index (χ0) is 19.1. The molecule has 0 spiro atoms. The third kappa shape index (κ3) is 4.67. The number of imide groups is 1. The van der Waals surface area contributed by atoms with E-state index in [1.807, 2.05) is 24.3 Å². The van der Waals surface area contributed by atoms with Crippen LogP contribution in [0.1, 0.15) is 39.1 Å². The van der Waals surface area contributed by atoms with Crippen molar-refractivity contribution in [3.05, 3.63) is 65.2 Å². The summed E-state index contributed by atoms with van der Waals surface area (Å²) in [6.45, 7) is 0. The summed E-state index contributed by atoms with van der Waals surface area (Å²) < 4.78 is 5.02. The predicted molar refractivity (Wildman–Crippen MR) is 92.3 cm³/mol. The van der Waals surface area contributed by atoms with Gasteiger partial charge in [0.15, 0.2) is 0 Å². The minimum atomic E-state index is -0.737. The molecule has 1 aliphatic rings. The van der Waals surface area contributed by atoms with Gasteiger partial charge in [-0.05, 0) is 42.7 Å². The van der Waals surface area contributed by atoms with Crippen molar-refractivity contribution in [2.45, 2.75) is 19.3 Å². The summed E-state index contributed by atoms with van der Waals surface area (Å²) in [7, 11) is 1.62. The second-order valence-electron chi connectivity index (χ2n) is 5.56. The standard InChI is InChI=1S/C11H14O3.C8H5NO3/c1-14-10-7-5-9(6-8-10)3-2-4-11(12)13;10-7-5-3-1-2-4-6(5)8(11)9(7)12/h5-8H,2-4H2,1H3,(H,12,13);1-4,12H. The highest BCUT2D eigenvalue weighted by molar-refractivity contribution is 6.20. The van der Waals surface area contributed by atoms with Gasteiger partial charge in [0.05, 0.1) is 18.2 Å². The first kappa shape index (κ1) is 19.1. The molecule has 0 radical (unpaired) electrons. The molecule has 0 aromatic heterocycles. The van der Waals surface area contributed by atoms with Gasteiger partial charge in [-0.15, -0.1) is 5.06 Å². The second kappa shape index (κ2) is 8.77. The molecule has 7 heteroatoms. The number of carbonyl (C=O) groups excluding carboxylic acids is 2. The average Bonchev–Trinajstić information content (AvgIpc) is 2.87. The number of amides is 2. The number of nitrogens with zero attached hydrogens (tertiary/aromatic N) is 1. The van der Waals surface area contributed by atoms with Gasteiger partial charge in [-0.1, -0.05) is 24.3 Å². The fourth-order valence-electron chi connectivity index (χ4n) is 2.41. The molecule has 2 N–H and O–H groups in total. The molecule has 2 amide bonds. The lowest BCUT2D eigenvalue weighted by Gasteiger charge is -2.02. The maximum absolute atomic E-state index is 11.1. The molecule has 0 atom stereocenters. The molecule has 0 aliphatic carbocycles. The van der Waals surface area contributed by atoms with E-state index in [1.54, 1.807) is 19.2 Å². The molecule has 2 aromatic carbocycles. The zero-order valence-electron chi connectivity index (χ0n) is 14.2. The summed E-state index contributed by atoms with van der Waals surface area (Å²) in [6.07, 6.45) is 1.71. The number of carbonyl (C=O) groups is 3. The number of ether oxygens (including phenoxy) is 1. The highest BCUT2D eigenvalue weighted by Crippen LogP contribution is 2.20. The number of hydrogen-bond acceptors (Lipinski definition) is 5. The number of rotatable bonds is 5. The van der Waals surface area contributed by atoms with E-state index < -0.39 is 17.8 Å². The van der Waals surface area contributed by atoms with Crippen LogP contribution in [0.5, 0.6) is 5.75 Å². The summed E-state index contributed by atoms with van der Waals surface area (Å²) in [6, 6.07) is 14.0. The summed E-state index contributed by atoms with van der Waals surface area (Å²) in [5.74, 6) is -1.23. The van der Waals surface area contributed by atoms with E-state index in [0.29, 0.717) is 6.42 Å². The van der Waals surface area contributed by atoms with Gasteiger partial charge in [-0.2, -0.15) is 0 Å². The first-order chi connectivity index (χ1) is 12.4. The molecule has 136 valence electrons. The normalized spacial score (nSPS) is 12.3. The third-order valence-electron chi connectivity index (χ3n) is 3.79. The lowest BCUT2D eigenvalue weighted by atomic mass is 10.1. The molecular weight excluding hydrogens is 338 g/mol. The van der Waals surface area contributed by atoms with Crippen molar-refractivity contribution in [1.29, 1.82) is 0 Å². The van der Waals surface area contributed by atoms with Crippen LogP contribution < -0.4 is 4.74 Å². The molecule has 0 unspecified atom stereocenters. The van der Waals surface area contributed by atoms with Gasteiger partial charge >= 0.3 is 5.97 Å². The Kier molecular flexibility index (Phi) is 6.46. The molecule has 2 aromatic rings. The topological polar surface area (TPSA) is 104 Å². The Morgan fingerprint density at radius 2 is 1.54 bits per heavy atom. The smallest absolute Gasteiger partial charge is 0.303 e. The van der Waals surface area contributed by atoms with Crippen LogP contribution in [0.15, 0.2) is 48.5 Å². The summed E-state index contributed by atoms with van der Waals surface area (Å²) in [4.78, 5) is 32.4. The van der Waals surface area contributed by atoms with Crippen molar-refractivity contribution in [2.75, 3.05) is 7.11 Å². The largest absolute Gasteiger partial charge is 0.497 e. The van der Waals surface area contributed by atoms with E-state index in [0.717, 1.165) is 17.7 Å². The molecule has 1 aliphatic heterocycles. The molecule has 26 heavy (non-hydrogen) atoms. The van der Waals surface area contributed by atoms with Gasteiger partial charge in [0.25, 0.3) is 11.8 Å². The number of hydrogen-bond donors (Lipinski definition) is 2. The minimum Gasteiger partial charge on any atom is -0.497 e. The highest BCUT2D eigenvalue weighted by atomic mass is 16.5. The maximum Gasteiger partial charge on any atom is 0.303 e. The second-order valence-corrected chi connectivity index (χ2v) is 5.56. The number of aliphatic carboxylic acids is 1. The number of carboxylic acid groups (broad SMARTS) is 1. The number of methoxy groups -OCH3 is 1. The Morgan fingerprint density at radius 1 is 1.00 bits per heavy atom. The van der Waals surface area contributed by atoms with E-state index in [9.17, 15) is 14.4 Å². The van der Waals surface area contributed by atoms with E-state index in [4.69, 9.17) is 15.1 Å².